The lowest BCUT2D eigenvalue weighted by molar-refractivity contribution is -0.133. The zero-order valence-electron chi connectivity index (χ0n) is 18.6. The lowest BCUT2D eigenvalue weighted by Gasteiger charge is -2.30. The Morgan fingerprint density at radius 3 is 2.21 bits per heavy atom. The van der Waals surface area contributed by atoms with Crippen LogP contribution in [0.4, 0.5) is 0 Å². The van der Waals surface area contributed by atoms with Crippen molar-refractivity contribution in [1.29, 1.82) is 0 Å². The van der Waals surface area contributed by atoms with Gasteiger partial charge in [0.05, 0.1) is 5.71 Å². The van der Waals surface area contributed by atoms with E-state index in [4.69, 9.17) is 4.84 Å². The van der Waals surface area contributed by atoms with E-state index in [1.165, 1.54) is 0 Å². The molecule has 2 rings (SSSR count). The number of hydrogen-bond donors (Lipinski definition) is 0. The van der Waals surface area contributed by atoms with E-state index in [-0.39, 0.29) is 36.1 Å². The maximum absolute atomic E-state index is 12.9. The van der Waals surface area contributed by atoms with Gasteiger partial charge in [0.2, 0.25) is 0 Å². The molecule has 1 saturated carbocycles. The van der Waals surface area contributed by atoms with Gasteiger partial charge in [-0.1, -0.05) is 25.1 Å². The Morgan fingerprint density at radius 2 is 1.69 bits per heavy atom. The number of rotatable bonds is 8. The van der Waals surface area contributed by atoms with Crippen molar-refractivity contribution in [3.05, 3.63) is 33.9 Å². The van der Waals surface area contributed by atoms with Crippen LogP contribution >= 0.6 is 0 Å². The minimum absolute atomic E-state index is 0.104. The van der Waals surface area contributed by atoms with Gasteiger partial charge in [0.15, 0.2) is 5.78 Å². The molecule has 0 N–H and O–H groups in total. The van der Waals surface area contributed by atoms with Crippen molar-refractivity contribution in [2.24, 2.45) is 11.1 Å². The third-order valence-corrected chi connectivity index (χ3v) is 5.74. The van der Waals surface area contributed by atoms with Gasteiger partial charge in [-0.25, -0.2) is 0 Å². The second kappa shape index (κ2) is 9.95. The molecule has 5 heteroatoms. The summed E-state index contributed by atoms with van der Waals surface area (Å²) in [7, 11) is 0. The Balaban J connectivity index is 2.41. The summed E-state index contributed by atoms with van der Waals surface area (Å²) < 4.78 is 0. The van der Waals surface area contributed by atoms with Gasteiger partial charge in [0.25, 0.3) is 0 Å². The fraction of sp³-hybridized carbons (Fsp3) is 0.583. The van der Waals surface area contributed by atoms with Crippen molar-refractivity contribution in [3.63, 3.8) is 0 Å². The highest BCUT2D eigenvalue weighted by Gasteiger charge is 2.40. The fourth-order valence-corrected chi connectivity index (χ4v) is 4.63. The topological polar surface area (TPSA) is 72.8 Å². The van der Waals surface area contributed by atoms with Crippen molar-refractivity contribution in [2.75, 3.05) is 6.61 Å². The van der Waals surface area contributed by atoms with Crippen LogP contribution in [0.25, 0.3) is 0 Å². The van der Waals surface area contributed by atoms with E-state index >= 15 is 0 Å². The molecule has 29 heavy (non-hydrogen) atoms. The molecule has 0 unspecified atom stereocenters. The minimum Gasteiger partial charge on any atom is -0.396 e. The second-order valence-electron chi connectivity index (χ2n) is 7.92. The number of hydrogen-bond acceptors (Lipinski definition) is 5. The molecule has 0 atom stereocenters. The first-order chi connectivity index (χ1) is 13.8. The first-order valence-corrected chi connectivity index (χ1v) is 10.6. The van der Waals surface area contributed by atoms with Gasteiger partial charge >= 0.3 is 0 Å². The fourth-order valence-electron chi connectivity index (χ4n) is 4.63. The molecule has 0 bridgehead atoms. The van der Waals surface area contributed by atoms with Crippen molar-refractivity contribution < 1.29 is 19.2 Å². The predicted molar refractivity (Wildman–Crippen MR) is 115 cm³/mol. The molecule has 0 aromatic heterocycles. The number of ketones is 3. The van der Waals surface area contributed by atoms with E-state index in [0.717, 1.165) is 34.2 Å². The molecule has 0 heterocycles. The van der Waals surface area contributed by atoms with Crippen LogP contribution in [0.3, 0.4) is 0 Å². The smallest absolute Gasteiger partial charge is 0.163 e. The minimum atomic E-state index is -0.796. The summed E-state index contributed by atoms with van der Waals surface area (Å²) in [5.74, 6) is -1.06. The lowest BCUT2D eigenvalue weighted by Crippen LogP contribution is -2.38. The normalized spacial score (nSPS) is 20.1. The van der Waals surface area contributed by atoms with Gasteiger partial charge in [-0.3, -0.25) is 14.4 Å². The summed E-state index contributed by atoms with van der Waals surface area (Å²) in [4.78, 5) is 43.7. The van der Waals surface area contributed by atoms with Gasteiger partial charge in [0, 0.05) is 24.8 Å². The molecule has 0 spiro atoms. The summed E-state index contributed by atoms with van der Waals surface area (Å²) in [6.07, 6.45) is 2.37. The van der Waals surface area contributed by atoms with Gasteiger partial charge in [-0.05, 0) is 68.7 Å². The molecule has 5 nitrogen and oxygen atoms in total. The maximum atomic E-state index is 12.9. The Kier molecular flexibility index (Phi) is 7.88. The van der Waals surface area contributed by atoms with E-state index < -0.39 is 5.92 Å². The van der Waals surface area contributed by atoms with Crippen LogP contribution in [0.5, 0.6) is 0 Å². The standard InChI is InChI=1S/C24H33NO4/c1-7-10-19(26)23-15(5)11-14(4)22(16(23)6)17-12-20(27)24(21(28)13-17)18(8-2)25-29-9-3/h11,17,24H,7-10,12-13H2,1-6H3. The lowest BCUT2D eigenvalue weighted by atomic mass is 9.72. The zero-order valence-corrected chi connectivity index (χ0v) is 18.6. The number of Topliss-reactive ketones (excluding diaryl/α,β-unsaturated/α-hetero) is 3. The maximum Gasteiger partial charge on any atom is 0.163 e. The van der Waals surface area contributed by atoms with Crippen LogP contribution in [-0.2, 0) is 14.4 Å². The Hall–Kier alpha value is -2.30. The summed E-state index contributed by atoms with van der Waals surface area (Å²) in [6.45, 7) is 12.0. The van der Waals surface area contributed by atoms with Crippen molar-refractivity contribution >= 4 is 23.1 Å². The summed E-state index contributed by atoms with van der Waals surface area (Å²) >= 11 is 0. The van der Waals surface area contributed by atoms with Crippen molar-refractivity contribution in [1.82, 2.24) is 0 Å². The Morgan fingerprint density at radius 1 is 1.07 bits per heavy atom. The third-order valence-electron chi connectivity index (χ3n) is 5.74. The van der Waals surface area contributed by atoms with Crippen LogP contribution in [0.1, 0.15) is 91.4 Å². The zero-order chi connectivity index (χ0) is 21.7. The van der Waals surface area contributed by atoms with Crippen LogP contribution < -0.4 is 0 Å². The molecule has 0 amide bonds. The van der Waals surface area contributed by atoms with Crippen LogP contribution in [0.15, 0.2) is 11.2 Å². The molecule has 1 aromatic rings. The number of aryl methyl sites for hydroxylation is 2. The molecule has 1 aromatic carbocycles. The molecule has 158 valence electrons. The first kappa shape index (κ1) is 23.0. The van der Waals surface area contributed by atoms with Crippen LogP contribution in [0, 0.1) is 26.7 Å². The van der Waals surface area contributed by atoms with Gasteiger partial charge in [-0.15, -0.1) is 0 Å². The van der Waals surface area contributed by atoms with Gasteiger partial charge in [0.1, 0.15) is 24.1 Å². The van der Waals surface area contributed by atoms with Gasteiger partial charge in [-0.2, -0.15) is 0 Å². The average molecular weight is 400 g/mol. The van der Waals surface area contributed by atoms with Gasteiger partial charge < -0.3 is 4.84 Å². The molecule has 1 fully saturated rings. The SMILES string of the molecule is CCCC(=O)c1c(C)cc(C)c(C2CC(=O)C(C(CC)=NOCC)C(=O)C2)c1C. The number of nitrogens with zero attached hydrogens (tertiary/aromatic N) is 1. The Labute approximate surface area is 173 Å². The summed E-state index contributed by atoms with van der Waals surface area (Å²) in [5.41, 5.74) is 5.17. The van der Waals surface area contributed by atoms with Crippen LogP contribution in [-0.4, -0.2) is 29.7 Å². The van der Waals surface area contributed by atoms with Crippen molar-refractivity contribution in [3.8, 4) is 0 Å². The second-order valence-corrected chi connectivity index (χ2v) is 7.92. The average Bonchev–Trinajstić information content (AvgIpc) is 2.63. The first-order valence-electron chi connectivity index (χ1n) is 10.6. The predicted octanol–water partition coefficient (Wildman–Crippen LogP) is 5.03. The number of oxime groups is 1. The van der Waals surface area contributed by atoms with E-state index in [9.17, 15) is 14.4 Å². The van der Waals surface area contributed by atoms with E-state index in [1.807, 2.05) is 47.6 Å². The molecule has 1 aliphatic carbocycles. The molecule has 0 aliphatic heterocycles. The molecular weight excluding hydrogens is 366 g/mol. The number of carbonyl (C=O) groups is 3. The van der Waals surface area contributed by atoms with E-state index in [0.29, 0.717) is 25.2 Å². The third kappa shape index (κ3) is 4.82. The van der Waals surface area contributed by atoms with E-state index in [2.05, 4.69) is 5.16 Å². The summed E-state index contributed by atoms with van der Waals surface area (Å²) in [5, 5.41) is 4.02. The number of benzene rings is 1. The Bertz CT molecular complexity index is 820. The highest BCUT2D eigenvalue weighted by Crippen LogP contribution is 2.38. The highest BCUT2D eigenvalue weighted by molar-refractivity contribution is 6.22. The quantitative estimate of drug-likeness (QED) is 0.266. The van der Waals surface area contributed by atoms with Crippen molar-refractivity contribution in [2.45, 2.75) is 79.6 Å². The molecule has 0 radical (unpaired) electrons. The largest absolute Gasteiger partial charge is 0.396 e. The summed E-state index contributed by atoms with van der Waals surface area (Å²) in [6, 6.07) is 2.01. The highest BCUT2D eigenvalue weighted by atomic mass is 16.6. The number of carbonyl (C=O) groups excluding carboxylic acids is 3. The monoisotopic (exact) mass is 399 g/mol. The van der Waals surface area contributed by atoms with E-state index in [1.54, 1.807) is 0 Å². The molecular formula is C24H33NO4. The molecule has 1 aliphatic rings. The molecule has 0 saturated heterocycles. The van der Waals surface area contributed by atoms with Crippen LogP contribution in [0.2, 0.25) is 0 Å².